The molecule has 0 N–H and O–H groups in total. The molecule has 0 spiro atoms. The van der Waals surface area contributed by atoms with Crippen molar-refractivity contribution in [3.8, 4) is 17.2 Å². The monoisotopic (exact) mass is 393 g/mol. The Labute approximate surface area is 159 Å². The van der Waals surface area contributed by atoms with Gasteiger partial charge in [-0.15, -0.1) is 11.8 Å². The van der Waals surface area contributed by atoms with Crippen molar-refractivity contribution in [2.75, 3.05) is 5.75 Å². The number of ether oxygens (including phenoxy) is 1. The number of hydrogen-bond acceptors (Lipinski definition) is 5. The third-order valence-corrected chi connectivity index (χ3v) is 4.63. The highest BCUT2D eigenvalue weighted by Crippen LogP contribution is 2.28. The van der Waals surface area contributed by atoms with Crippen LogP contribution < -0.4 is 4.74 Å². The molecule has 0 unspecified atom stereocenters. The number of halogens is 2. The molecule has 3 rings (SSSR count). The molecule has 0 saturated heterocycles. The third-order valence-electron chi connectivity index (χ3n) is 3.16. The zero-order valence-electron chi connectivity index (χ0n) is 12.9. The van der Waals surface area contributed by atoms with Gasteiger partial charge in [0.15, 0.2) is 0 Å². The average Bonchev–Trinajstić information content (AvgIpc) is 3.07. The maximum atomic E-state index is 11.9. The smallest absolute Gasteiger partial charge is 0.321 e. The Morgan fingerprint density at radius 3 is 2.72 bits per heavy atom. The van der Waals surface area contributed by atoms with Crippen LogP contribution in [0.3, 0.4) is 0 Å². The van der Waals surface area contributed by atoms with Crippen molar-refractivity contribution in [3.63, 3.8) is 0 Å². The quantitative estimate of drug-likeness (QED) is 0.409. The summed E-state index contributed by atoms with van der Waals surface area (Å²) in [7, 11) is 0. The lowest BCUT2D eigenvalue weighted by Gasteiger charge is -2.05. The van der Waals surface area contributed by atoms with E-state index in [0.29, 0.717) is 27.4 Å². The van der Waals surface area contributed by atoms with E-state index in [0.717, 1.165) is 11.3 Å². The highest BCUT2D eigenvalue weighted by atomic mass is 35.5. The normalized spacial score (nSPS) is 10.6. The average molecular weight is 394 g/mol. The second kappa shape index (κ2) is 8.43. The van der Waals surface area contributed by atoms with E-state index >= 15 is 0 Å². The Kier molecular flexibility index (Phi) is 6.02. The predicted octanol–water partition coefficient (Wildman–Crippen LogP) is 5.49. The first-order valence-electron chi connectivity index (χ1n) is 7.35. The lowest BCUT2D eigenvalue weighted by Crippen LogP contribution is -2.11. The molecule has 0 aliphatic rings. The summed E-state index contributed by atoms with van der Waals surface area (Å²) in [5, 5.41) is 0.786. The molecule has 1 aromatic heterocycles. The Balaban J connectivity index is 1.49. The highest BCUT2D eigenvalue weighted by Gasteiger charge is 2.11. The van der Waals surface area contributed by atoms with Crippen LogP contribution >= 0.6 is 35.0 Å². The molecule has 3 aromatic rings. The van der Waals surface area contributed by atoms with Crippen LogP contribution in [0.1, 0.15) is 5.69 Å². The van der Waals surface area contributed by atoms with E-state index in [2.05, 4.69) is 4.98 Å². The molecule has 0 saturated carbocycles. The van der Waals surface area contributed by atoms with Crippen LogP contribution in [0.15, 0.2) is 59.2 Å². The van der Waals surface area contributed by atoms with Crippen LogP contribution in [-0.4, -0.2) is 16.7 Å². The van der Waals surface area contributed by atoms with Gasteiger partial charge >= 0.3 is 5.97 Å². The summed E-state index contributed by atoms with van der Waals surface area (Å²) in [6.07, 6.45) is 1.59. The minimum atomic E-state index is -0.388. The van der Waals surface area contributed by atoms with E-state index < -0.39 is 0 Å². The van der Waals surface area contributed by atoms with E-state index in [1.165, 1.54) is 17.8 Å². The standard InChI is InChI=1S/C18H13Cl2NO3S/c19-13-6-7-16(15(20)8-13)24-17(22)11-25-10-14-9-23-18(21-14)12-4-2-1-3-5-12/h1-9H,10-11H2. The first-order valence-corrected chi connectivity index (χ1v) is 9.26. The van der Waals surface area contributed by atoms with Crippen molar-refractivity contribution >= 4 is 40.9 Å². The van der Waals surface area contributed by atoms with E-state index in [9.17, 15) is 4.79 Å². The predicted molar refractivity (Wildman–Crippen MR) is 100 cm³/mol. The van der Waals surface area contributed by atoms with Gasteiger partial charge in [-0.1, -0.05) is 41.4 Å². The Morgan fingerprint density at radius 1 is 1.16 bits per heavy atom. The fourth-order valence-corrected chi connectivity index (χ4v) is 3.15. The summed E-state index contributed by atoms with van der Waals surface area (Å²) in [5.74, 6) is 1.18. The minimum Gasteiger partial charge on any atom is -0.444 e. The molecular formula is C18H13Cl2NO3S. The van der Waals surface area contributed by atoms with Crippen molar-refractivity contribution in [2.24, 2.45) is 0 Å². The molecule has 0 bridgehead atoms. The molecule has 1 heterocycles. The Bertz CT molecular complexity index is 868. The number of carbonyl (C=O) groups is 1. The number of benzene rings is 2. The van der Waals surface area contributed by atoms with Crippen LogP contribution in [0.2, 0.25) is 10.0 Å². The van der Waals surface area contributed by atoms with Crippen molar-refractivity contribution < 1.29 is 13.9 Å². The SMILES string of the molecule is O=C(CSCc1coc(-c2ccccc2)n1)Oc1ccc(Cl)cc1Cl. The number of rotatable bonds is 6. The molecule has 4 nitrogen and oxygen atoms in total. The van der Waals surface area contributed by atoms with Gasteiger partial charge in [0.25, 0.3) is 0 Å². The van der Waals surface area contributed by atoms with Crippen molar-refractivity contribution in [1.82, 2.24) is 4.98 Å². The van der Waals surface area contributed by atoms with E-state index in [1.54, 1.807) is 18.4 Å². The number of thioether (sulfide) groups is 1. The molecule has 0 atom stereocenters. The fourth-order valence-electron chi connectivity index (χ4n) is 2.04. The largest absolute Gasteiger partial charge is 0.444 e. The van der Waals surface area contributed by atoms with Crippen LogP contribution in [0.25, 0.3) is 11.5 Å². The number of aromatic nitrogens is 1. The molecule has 0 fully saturated rings. The summed E-state index contributed by atoms with van der Waals surface area (Å²) < 4.78 is 10.7. The van der Waals surface area contributed by atoms with Crippen LogP contribution in [0.4, 0.5) is 0 Å². The fraction of sp³-hybridized carbons (Fsp3) is 0.111. The van der Waals surface area contributed by atoms with Crippen LogP contribution in [-0.2, 0) is 10.5 Å². The molecule has 0 aliphatic carbocycles. The van der Waals surface area contributed by atoms with Crippen molar-refractivity contribution in [1.29, 1.82) is 0 Å². The minimum absolute atomic E-state index is 0.173. The van der Waals surface area contributed by atoms with Gasteiger partial charge in [0, 0.05) is 16.3 Å². The van der Waals surface area contributed by atoms with Crippen LogP contribution in [0, 0.1) is 0 Å². The molecular weight excluding hydrogens is 381 g/mol. The molecule has 25 heavy (non-hydrogen) atoms. The second-order valence-corrected chi connectivity index (χ2v) is 6.88. The molecule has 0 amide bonds. The highest BCUT2D eigenvalue weighted by molar-refractivity contribution is 7.99. The number of hydrogen-bond donors (Lipinski definition) is 0. The molecule has 7 heteroatoms. The summed E-state index contributed by atoms with van der Waals surface area (Å²) in [6.45, 7) is 0. The summed E-state index contributed by atoms with van der Waals surface area (Å²) >= 11 is 13.2. The zero-order chi connectivity index (χ0) is 17.6. The topological polar surface area (TPSA) is 52.3 Å². The van der Waals surface area contributed by atoms with Gasteiger partial charge in [-0.3, -0.25) is 4.79 Å². The van der Waals surface area contributed by atoms with Gasteiger partial charge in [0.2, 0.25) is 5.89 Å². The van der Waals surface area contributed by atoms with Gasteiger partial charge in [-0.25, -0.2) is 4.98 Å². The van der Waals surface area contributed by atoms with Crippen LogP contribution in [0.5, 0.6) is 5.75 Å². The zero-order valence-corrected chi connectivity index (χ0v) is 15.3. The van der Waals surface area contributed by atoms with Gasteiger partial charge < -0.3 is 9.15 Å². The molecule has 0 radical (unpaired) electrons. The summed E-state index contributed by atoms with van der Waals surface area (Å²) in [5.41, 5.74) is 1.68. The van der Waals surface area contributed by atoms with E-state index in [1.807, 2.05) is 30.3 Å². The van der Waals surface area contributed by atoms with Gasteiger partial charge in [-0.05, 0) is 30.3 Å². The number of esters is 1. The Hall–Kier alpha value is -1.95. The molecule has 2 aromatic carbocycles. The van der Waals surface area contributed by atoms with E-state index in [4.69, 9.17) is 32.4 Å². The Morgan fingerprint density at radius 2 is 1.96 bits per heavy atom. The van der Waals surface area contributed by atoms with E-state index in [-0.39, 0.29) is 11.7 Å². The van der Waals surface area contributed by atoms with Gasteiger partial charge in [0.05, 0.1) is 16.5 Å². The summed E-state index contributed by atoms with van der Waals surface area (Å²) in [6, 6.07) is 14.3. The van der Waals surface area contributed by atoms with Gasteiger partial charge in [-0.2, -0.15) is 0 Å². The number of carbonyl (C=O) groups excluding carboxylic acids is 1. The van der Waals surface area contributed by atoms with Crippen molar-refractivity contribution in [3.05, 3.63) is 70.5 Å². The van der Waals surface area contributed by atoms with Gasteiger partial charge in [0.1, 0.15) is 12.0 Å². The third kappa shape index (κ3) is 5.01. The maximum Gasteiger partial charge on any atom is 0.321 e. The molecule has 128 valence electrons. The maximum absolute atomic E-state index is 11.9. The first kappa shape index (κ1) is 17.9. The van der Waals surface area contributed by atoms with Crippen molar-refractivity contribution in [2.45, 2.75) is 5.75 Å². The first-order chi connectivity index (χ1) is 12.1. The lowest BCUT2D eigenvalue weighted by atomic mass is 10.2. The lowest BCUT2D eigenvalue weighted by molar-refractivity contribution is -0.131. The molecule has 0 aliphatic heterocycles. The second-order valence-electron chi connectivity index (χ2n) is 5.05. The number of oxazole rings is 1. The number of nitrogens with zero attached hydrogens (tertiary/aromatic N) is 1. The summed E-state index contributed by atoms with van der Waals surface area (Å²) in [4.78, 5) is 16.3.